The minimum absolute atomic E-state index is 0.289. The van der Waals surface area contributed by atoms with E-state index in [1.807, 2.05) is 42.5 Å². The number of benzene rings is 2. The van der Waals surface area contributed by atoms with Gasteiger partial charge in [-0.05, 0) is 31.0 Å². The maximum absolute atomic E-state index is 12.0. The first-order chi connectivity index (χ1) is 10.3. The van der Waals surface area contributed by atoms with Crippen LogP contribution in [-0.2, 0) is 5.75 Å². The fourth-order valence-electron chi connectivity index (χ4n) is 2.28. The maximum atomic E-state index is 12.0. The summed E-state index contributed by atoms with van der Waals surface area (Å²) in [6.45, 7) is 0. The normalized spacial score (nSPS) is 14.0. The van der Waals surface area contributed by atoms with Gasteiger partial charge >= 0.3 is 0 Å². The number of carbonyl (C=O) groups is 1. The first kappa shape index (κ1) is 14.2. The van der Waals surface area contributed by atoms with E-state index in [-0.39, 0.29) is 5.92 Å². The molecular weight excluding hydrogens is 280 g/mol. The second-order valence-electron chi connectivity index (χ2n) is 5.26. The number of ether oxygens (including phenoxy) is 1. The molecule has 0 heterocycles. The molecule has 3 rings (SSSR count). The van der Waals surface area contributed by atoms with Crippen molar-refractivity contribution >= 4 is 17.5 Å². The Kier molecular flexibility index (Phi) is 4.30. The summed E-state index contributed by atoms with van der Waals surface area (Å²) in [4.78, 5) is 13.1. The zero-order valence-electron chi connectivity index (χ0n) is 12.0. The van der Waals surface area contributed by atoms with E-state index in [1.165, 1.54) is 10.5 Å². The van der Waals surface area contributed by atoms with E-state index in [2.05, 4.69) is 6.07 Å². The van der Waals surface area contributed by atoms with Crippen molar-refractivity contribution in [2.75, 3.05) is 7.11 Å². The SMILES string of the molecule is COc1ccccc1CSc1ccc(C(=O)C2CC2)cc1. The molecule has 0 atom stereocenters. The number of para-hydroxylation sites is 1. The maximum Gasteiger partial charge on any atom is 0.165 e. The highest BCUT2D eigenvalue weighted by atomic mass is 32.2. The fourth-order valence-corrected chi connectivity index (χ4v) is 3.17. The molecule has 2 aromatic carbocycles. The minimum atomic E-state index is 0.289. The zero-order chi connectivity index (χ0) is 14.7. The topological polar surface area (TPSA) is 26.3 Å². The minimum Gasteiger partial charge on any atom is -0.496 e. The van der Waals surface area contributed by atoms with E-state index in [4.69, 9.17) is 4.74 Å². The van der Waals surface area contributed by atoms with Crippen LogP contribution in [0.2, 0.25) is 0 Å². The van der Waals surface area contributed by atoms with Crippen LogP contribution in [0.4, 0.5) is 0 Å². The van der Waals surface area contributed by atoms with Crippen LogP contribution in [0.3, 0.4) is 0 Å². The Balaban J connectivity index is 1.64. The van der Waals surface area contributed by atoms with Gasteiger partial charge in [0, 0.05) is 27.7 Å². The van der Waals surface area contributed by atoms with Gasteiger partial charge in [-0.25, -0.2) is 0 Å². The van der Waals surface area contributed by atoms with E-state index < -0.39 is 0 Å². The Labute approximate surface area is 129 Å². The number of ketones is 1. The molecule has 1 saturated carbocycles. The van der Waals surface area contributed by atoms with Crippen molar-refractivity contribution in [3.63, 3.8) is 0 Å². The smallest absolute Gasteiger partial charge is 0.165 e. The Hall–Kier alpha value is -1.74. The molecule has 0 bridgehead atoms. The van der Waals surface area contributed by atoms with E-state index in [1.54, 1.807) is 18.9 Å². The van der Waals surface area contributed by atoms with Gasteiger partial charge in [0.2, 0.25) is 0 Å². The summed E-state index contributed by atoms with van der Waals surface area (Å²) in [6.07, 6.45) is 2.12. The largest absolute Gasteiger partial charge is 0.496 e. The van der Waals surface area contributed by atoms with Crippen LogP contribution >= 0.6 is 11.8 Å². The van der Waals surface area contributed by atoms with Gasteiger partial charge in [-0.1, -0.05) is 30.3 Å². The van der Waals surface area contributed by atoms with E-state index in [9.17, 15) is 4.79 Å². The quantitative estimate of drug-likeness (QED) is 0.577. The summed E-state index contributed by atoms with van der Waals surface area (Å²) in [6, 6.07) is 16.0. The van der Waals surface area contributed by atoms with Crippen molar-refractivity contribution in [2.24, 2.45) is 5.92 Å². The predicted molar refractivity (Wildman–Crippen MR) is 86.1 cm³/mol. The standard InChI is InChI=1S/C18H18O2S/c1-20-17-5-3-2-4-15(17)12-21-16-10-8-14(9-11-16)18(19)13-6-7-13/h2-5,8-11,13H,6-7,12H2,1H3. The van der Waals surface area contributed by atoms with Crippen LogP contribution in [0.15, 0.2) is 53.4 Å². The summed E-state index contributed by atoms with van der Waals surface area (Å²) in [5, 5.41) is 0. The molecule has 0 spiro atoms. The number of hydrogen-bond acceptors (Lipinski definition) is 3. The lowest BCUT2D eigenvalue weighted by Gasteiger charge is -2.08. The molecule has 2 aromatic rings. The van der Waals surface area contributed by atoms with Crippen LogP contribution in [-0.4, -0.2) is 12.9 Å². The van der Waals surface area contributed by atoms with Crippen molar-refractivity contribution < 1.29 is 9.53 Å². The van der Waals surface area contributed by atoms with Crippen LogP contribution in [0.25, 0.3) is 0 Å². The third-order valence-electron chi connectivity index (χ3n) is 3.67. The summed E-state index contributed by atoms with van der Waals surface area (Å²) < 4.78 is 5.36. The molecule has 2 nitrogen and oxygen atoms in total. The number of hydrogen-bond donors (Lipinski definition) is 0. The van der Waals surface area contributed by atoms with Gasteiger partial charge in [-0.2, -0.15) is 0 Å². The highest BCUT2D eigenvalue weighted by Gasteiger charge is 2.30. The van der Waals surface area contributed by atoms with Crippen molar-refractivity contribution in [1.82, 2.24) is 0 Å². The van der Waals surface area contributed by atoms with Gasteiger partial charge in [-0.3, -0.25) is 4.79 Å². The zero-order valence-corrected chi connectivity index (χ0v) is 12.9. The number of rotatable bonds is 6. The number of carbonyl (C=O) groups excluding carboxylic acids is 1. The fraction of sp³-hybridized carbons (Fsp3) is 0.278. The van der Waals surface area contributed by atoms with Crippen LogP contribution in [0.1, 0.15) is 28.8 Å². The van der Waals surface area contributed by atoms with Crippen LogP contribution in [0, 0.1) is 5.92 Å². The molecule has 0 unspecified atom stereocenters. The third-order valence-corrected chi connectivity index (χ3v) is 4.73. The van der Waals surface area contributed by atoms with Gasteiger partial charge in [0.05, 0.1) is 7.11 Å². The first-order valence-electron chi connectivity index (χ1n) is 7.17. The summed E-state index contributed by atoms with van der Waals surface area (Å²) in [5.74, 6) is 2.37. The Morgan fingerprint density at radius 2 is 1.86 bits per heavy atom. The van der Waals surface area contributed by atoms with Gasteiger partial charge in [0.25, 0.3) is 0 Å². The second-order valence-corrected chi connectivity index (χ2v) is 6.31. The highest BCUT2D eigenvalue weighted by molar-refractivity contribution is 7.98. The molecule has 0 amide bonds. The van der Waals surface area contributed by atoms with Gasteiger partial charge in [0.1, 0.15) is 5.75 Å². The molecule has 0 aliphatic heterocycles. The molecule has 0 radical (unpaired) electrons. The van der Waals surface area contributed by atoms with Crippen molar-refractivity contribution in [1.29, 1.82) is 0 Å². The van der Waals surface area contributed by atoms with Gasteiger partial charge in [-0.15, -0.1) is 11.8 Å². The van der Waals surface area contributed by atoms with Crippen molar-refractivity contribution in [2.45, 2.75) is 23.5 Å². The Morgan fingerprint density at radius 1 is 1.14 bits per heavy atom. The molecule has 0 N–H and O–H groups in total. The molecule has 1 fully saturated rings. The average Bonchev–Trinajstić information content (AvgIpc) is 3.38. The average molecular weight is 298 g/mol. The molecule has 1 aliphatic rings. The first-order valence-corrected chi connectivity index (χ1v) is 8.15. The number of thioether (sulfide) groups is 1. The van der Waals surface area contributed by atoms with Crippen LogP contribution < -0.4 is 4.74 Å². The molecular formula is C18H18O2S. The lowest BCUT2D eigenvalue weighted by Crippen LogP contribution is -2.00. The molecule has 0 aromatic heterocycles. The van der Waals surface area contributed by atoms with Crippen LogP contribution in [0.5, 0.6) is 5.75 Å². The lowest BCUT2D eigenvalue weighted by molar-refractivity contribution is 0.0967. The third kappa shape index (κ3) is 3.48. The van der Waals surface area contributed by atoms with E-state index in [0.29, 0.717) is 5.78 Å². The summed E-state index contributed by atoms with van der Waals surface area (Å²) in [5.41, 5.74) is 2.03. The molecule has 3 heteroatoms. The molecule has 21 heavy (non-hydrogen) atoms. The second kappa shape index (κ2) is 6.35. The molecule has 1 aliphatic carbocycles. The lowest BCUT2D eigenvalue weighted by atomic mass is 10.1. The Bertz CT molecular complexity index is 630. The van der Waals surface area contributed by atoms with Gasteiger partial charge < -0.3 is 4.74 Å². The monoisotopic (exact) mass is 298 g/mol. The summed E-state index contributed by atoms with van der Waals surface area (Å²) in [7, 11) is 1.70. The molecule has 108 valence electrons. The van der Waals surface area contributed by atoms with Gasteiger partial charge in [0.15, 0.2) is 5.78 Å². The Morgan fingerprint density at radius 3 is 2.52 bits per heavy atom. The predicted octanol–water partition coefficient (Wildman–Crippen LogP) is 4.58. The van der Waals surface area contributed by atoms with E-state index in [0.717, 1.165) is 29.9 Å². The summed E-state index contributed by atoms with van der Waals surface area (Å²) >= 11 is 1.76. The highest BCUT2D eigenvalue weighted by Crippen LogP contribution is 2.33. The number of Topliss-reactive ketones (excluding diaryl/α,β-unsaturated/α-hetero) is 1. The number of methoxy groups -OCH3 is 1. The van der Waals surface area contributed by atoms with E-state index >= 15 is 0 Å². The van der Waals surface area contributed by atoms with Crippen molar-refractivity contribution in [3.8, 4) is 5.75 Å². The molecule has 0 saturated heterocycles. The van der Waals surface area contributed by atoms with Crippen molar-refractivity contribution in [3.05, 3.63) is 59.7 Å².